The van der Waals surface area contributed by atoms with E-state index in [0.717, 1.165) is 0 Å². The maximum atomic E-state index is 12.0. The van der Waals surface area contributed by atoms with E-state index in [0.29, 0.717) is 23.6 Å². The number of hydrogen-bond donors (Lipinski definition) is 2. The molecule has 0 saturated heterocycles. The van der Waals surface area contributed by atoms with Gasteiger partial charge in [-0.25, -0.2) is 0 Å². The van der Waals surface area contributed by atoms with Gasteiger partial charge in [-0.2, -0.15) is 13.2 Å². The van der Waals surface area contributed by atoms with Gasteiger partial charge < -0.3 is 20.5 Å². The third kappa shape index (κ3) is 6.55. The first-order chi connectivity index (χ1) is 10.4. The number of nitrogens with one attached hydrogen (secondary N) is 1. The van der Waals surface area contributed by atoms with Gasteiger partial charge in [-0.3, -0.25) is 4.99 Å². The number of benzene rings is 1. The molecule has 0 saturated carbocycles. The van der Waals surface area contributed by atoms with Crippen LogP contribution in [0.15, 0.2) is 23.2 Å². The highest BCUT2D eigenvalue weighted by Gasteiger charge is 2.25. The molecule has 0 spiro atoms. The number of nitrogens with zero attached hydrogens (tertiary/aromatic N) is 1. The largest absolute Gasteiger partial charge is 0.493 e. The number of rotatable bonds is 7. The molecule has 1 aromatic carbocycles. The summed E-state index contributed by atoms with van der Waals surface area (Å²) in [5.74, 6) is 1.25. The van der Waals surface area contributed by atoms with E-state index >= 15 is 0 Å². The van der Waals surface area contributed by atoms with Gasteiger partial charge in [0.2, 0.25) is 0 Å². The van der Waals surface area contributed by atoms with Crippen molar-refractivity contribution in [1.29, 1.82) is 0 Å². The molecule has 0 unspecified atom stereocenters. The van der Waals surface area contributed by atoms with E-state index in [-0.39, 0.29) is 18.9 Å². The minimum atomic E-state index is -4.12. The minimum absolute atomic E-state index is 0.0383. The fourth-order valence-corrected chi connectivity index (χ4v) is 1.74. The van der Waals surface area contributed by atoms with Crippen LogP contribution in [0.4, 0.5) is 18.9 Å². The Bertz CT molecular complexity index is 505. The Labute approximate surface area is 127 Å². The van der Waals surface area contributed by atoms with E-state index in [2.05, 4.69) is 10.3 Å². The molecule has 0 aliphatic rings. The summed E-state index contributed by atoms with van der Waals surface area (Å²) in [7, 11) is 3.04. The molecule has 0 atom stereocenters. The molecule has 1 rings (SSSR count). The van der Waals surface area contributed by atoms with E-state index in [1.54, 1.807) is 18.2 Å². The lowest BCUT2D eigenvalue weighted by Gasteiger charge is -2.11. The molecule has 0 radical (unpaired) electrons. The Morgan fingerprint density at radius 1 is 1.18 bits per heavy atom. The van der Waals surface area contributed by atoms with E-state index in [1.165, 1.54) is 14.2 Å². The van der Waals surface area contributed by atoms with Crippen LogP contribution < -0.4 is 20.5 Å². The van der Waals surface area contributed by atoms with Gasteiger partial charge in [0.1, 0.15) is 0 Å². The summed E-state index contributed by atoms with van der Waals surface area (Å²) in [6.07, 6.45) is -4.55. The van der Waals surface area contributed by atoms with Gasteiger partial charge in [0.05, 0.1) is 14.2 Å². The number of anilines is 1. The Hall–Kier alpha value is -2.12. The molecular weight excluding hydrogens is 299 g/mol. The van der Waals surface area contributed by atoms with Crippen molar-refractivity contribution < 1.29 is 22.6 Å². The van der Waals surface area contributed by atoms with Crippen LogP contribution in [-0.2, 0) is 0 Å². The molecule has 0 aliphatic carbocycles. The molecule has 8 heteroatoms. The third-order valence-corrected chi connectivity index (χ3v) is 2.81. The molecule has 3 N–H and O–H groups in total. The van der Waals surface area contributed by atoms with Gasteiger partial charge in [0, 0.05) is 24.7 Å². The molecule has 0 aliphatic heterocycles. The fraction of sp³-hybridized carbons (Fsp3) is 0.500. The van der Waals surface area contributed by atoms with Crippen LogP contribution in [0.1, 0.15) is 19.3 Å². The lowest BCUT2D eigenvalue weighted by molar-refractivity contribution is -0.135. The third-order valence-electron chi connectivity index (χ3n) is 2.81. The normalized spacial score (nSPS) is 12.1. The number of halogens is 3. The van der Waals surface area contributed by atoms with Crippen LogP contribution in [0.2, 0.25) is 0 Å². The van der Waals surface area contributed by atoms with Crippen molar-refractivity contribution in [3.63, 3.8) is 0 Å². The molecular formula is C14H20F3N3O2. The molecule has 0 fully saturated rings. The second kappa shape index (κ2) is 8.35. The summed E-state index contributed by atoms with van der Waals surface area (Å²) in [5, 5.41) is 2.85. The van der Waals surface area contributed by atoms with Gasteiger partial charge in [-0.15, -0.1) is 0 Å². The highest BCUT2D eigenvalue weighted by Crippen LogP contribution is 2.29. The van der Waals surface area contributed by atoms with Gasteiger partial charge >= 0.3 is 6.18 Å². The maximum Gasteiger partial charge on any atom is 0.389 e. The maximum absolute atomic E-state index is 12.0. The number of unbranched alkanes of at least 4 members (excludes halogenated alkanes) is 1. The summed E-state index contributed by atoms with van der Waals surface area (Å²) in [4.78, 5) is 3.98. The summed E-state index contributed by atoms with van der Waals surface area (Å²) < 4.78 is 46.2. The molecule has 1 aromatic rings. The number of ether oxygens (including phenoxy) is 2. The lowest BCUT2D eigenvalue weighted by Crippen LogP contribution is -2.22. The number of nitrogens with two attached hydrogens (primary N) is 1. The minimum Gasteiger partial charge on any atom is -0.493 e. The SMILES string of the molecule is COc1ccc(NC(N)=NCCCCC(F)(F)F)cc1OC. The quantitative estimate of drug-likeness (QED) is 0.460. The standard InChI is InChI=1S/C14H20F3N3O2/c1-21-11-6-5-10(9-12(11)22-2)20-13(18)19-8-4-3-7-14(15,16)17/h5-6,9H,3-4,7-8H2,1-2H3,(H3,18,19,20). The van der Waals surface area contributed by atoms with E-state index in [9.17, 15) is 13.2 Å². The number of methoxy groups -OCH3 is 2. The molecule has 0 amide bonds. The lowest BCUT2D eigenvalue weighted by atomic mass is 10.2. The van der Waals surface area contributed by atoms with Gasteiger partial charge in [-0.05, 0) is 25.0 Å². The smallest absolute Gasteiger partial charge is 0.389 e. The Morgan fingerprint density at radius 3 is 2.45 bits per heavy atom. The Balaban J connectivity index is 2.47. The van der Waals surface area contributed by atoms with E-state index in [4.69, 9.17) is 15.2 Å². The predicted octanol–water partition coefficient (Wildman–Crippen LogP) is 3.16. The topological polar surface area (TPSA) is 68.9 Å². The molecule has 124 valence electrons. The van der Waals surface area contributed by atoms with Crippen molar-refractivity contribution in [3.05, 3.63) is 18.2 Å². The van der Waals surface area contributed by atoms with Crippen molar-refractivity contribution in [2.75, 3.05) is 26.1 Å². The van der Waals surface area contributed by atoms with Crippen molar-refractivity contribution >= 4 is 11.6 Å². The van der Waals surface area contributed by atoms with Gasteiger partial charge in [0.25, 0.3) is 0 Å². The second-order valence-corrected chi connectivity index (χ2v) is 4.53. The first-order valence-corrected chi connectivity index (χ1v) is 6.71. The summed E-state index contributed by atoms with van der Waals surface area (Å²) in [6, 6.07) is 5.12. The second-order valence-electron chi connectivity index (χ2n) is 4.53. The fourth-order valence-electron chi connectivity index (χ4n) is 1.74. The van der Waals surface area contributed by atoms with E-state index in [1.807, 2.05) is 0 Å². The predicted molar refractivity (Wildman–Crippen MR) is 79.6 cm³/mol. The molecule has 22 heavy (non-hydrogen) atoms. The Morgan fingerprint density at radius 2 is 1.86 bits per heavy atom. The van der Waals surface area contributed by atoms with Gasteiger partial charge in [-0.1, -0.05) is 0 Å². The van der Waals surface area contributed by atoms with E-state index < -0.39 is 12.6 Å². The first kappa shape index (κ1) is 17.9. The highest BCUT2D eigenvalue weighted by atomic mass is 19.4. The zero-order valence-corrected chi connectivity index (χ0v) is 12.5. The van der Waals surface area contributed by atoms with Crippen molar-refractivity contribution in [2.45, 2.75) is 25.4 Å². The Kier molecular flexibility index (Phi) is 6.81. The summed E-state index contributed by atoms with van der Waals surface area (Å²) in [5.41, 5.74) is 6.33. The van der Waals surface area contributed by atoms with Crippen LogP contribution in [0, 0.1) is 0 Å². The van der Waals surface area contributed by atoms with Crippen LogP contribution in [-0.4, -0.2) is 32.9 Å². The van der Waals surface area contributed by atoms with Crippen LogP contribution >= 0.6 is 0 Å². The van der Waals surface area contributed by atoms with Gasteiger partial charge in [0.15, 0.2) is 17.5 Å². The monoisotopic (exact) mass is 319 g/mol. The number of hydrogen-bond acceptors (Lipinski definition) is 3. The zero-order chi connectivity index (χ0) is 16.6. The van der Waals surface area contributed by atoms with Crippen molar-refractivity contribution in [1.82, 2.24) is 0 Å². The highest BCUT2D eigenvalue weighted by molar-refractivity contribution is 5.92. The van der Waals surface area contributed by atoms with Crippen LogP contribution in [0.3, 0.4) is 0 Å². The first-order valence-electron chi connectivity index (χ1n) is 6.71. The molecule has 0 bridgehead atoms. The van der Waals surface area contributed by atoms with Crippen molar-refractivity contribution in [2.24, 2.45) is 10.7 Å². The molecule has 0 heterocycles. The average molecular weight is 319 g/mol. The summed E-state index contributed by atoms with van der Waals surface area (Å²) in [6.45, 7) is 0.238. The average Bonchev–Trinajstić information content (AvgIpc) is 2.45. The zero-order valence-electron chi connectivity index (χ0n) is 12.5. The van der Waals surface area contributed by atoms with Crippen LogP contribution in [0.25, 0.3) is 0 Å². The number of aliphatic imine (C=N–C) groups is 1. The number of alkyl halides is 3. The van der Waals surface area contributed by atoms with Crippen molar-refractivity contribution in [3.8, 4) is 11.5 Å². The number of guanidine groups is 1. The van der Waals surface area contributed by atoms with Crippen LogP contribution in [0.5, 0.6) is 11.5 Å². The molecule has 5 nitrogen and oxygen atoms in total. The molecule has 0 aromatic heterocycles. The summed E-state index contributed by atoms with van der Waals surface area (Å²) >= 11 is 0.